The number of aromatic nitrogens is 3. The number of carbonyl (C=O) groups excluding carboxylic acids is 1. The molecule has 0 aliphatic carbocycles. The summed E-state index contributed by atoms with van der Waals surface area (Å²) in [6.07, 6.45) is 3.25. The van der Waals surface area contributed by atoms with Gasteiger partial charge in [0.2, 0.25) is 12.7 Å². The van der Waals surface area contributed by atoms with Gasteiger partial charge in [0.15, 0.2) is 11.5 Å². The number of ether oxygens (including phenoxy) is 2. The van der Waals surface area contributed by atoms with Crippen LogP contribution in [0.3, 0.4) is 0 Å². The highest BCUT2D eigenvalue weighted by atomic mass is 16.7. The van der Waals surface area contributed by atoms with Gasteiger partial charge >= 0.3 is 0 Å². The lowest BCUT2D eigenvalue weighted by molar-refractivity contribution is -0.124. The van der Waals surface area contributed by atoms with E-state index in [1.54, 1.807) is 35.7 Å². The average Bonchev–Trinajstić information content (AvgIpc) is 3.28. The van der Waals surface area contributed by atoms with Crippen LogP contribution in [0.4, 0.5) is 0 Å². The van der Waals surface area contributed by atoms with Crippen molar-refractivity contribution in [2.24, 2.45) is 0 Å². The van der Waals surface area contributed by atoms with Crippen LogP contribution in [0.1, 0.15) is 18.5 Å². The van der Waals surface area contributed by atoms with Crippen LogP contribution >= 0.6 is 0 Å². The number of nitrogens with zero attached hydrogens (tertiary/aromatic N) is 3. The molecule has 128 valence electrons. The van der Waals surface area contributed by atoms with Crippen LogP contribution in [0.5, 0.6) is 11.5 Å². The van der Waals surface area contributed by atoms with Gasteiger partial charge in [0.1, 0.15) is 17.9 Å². The summed E-state index contributed by atoms with van der Waals surface area (Å²) in [6.45, 7) is 2.17. The molecule has 1 N–H and O–H groups in total. The zero-order valence-corrected chi connectivity index (χ0v) is 13.5. The fourth-order valence-corrected chi connectivity index (χ4v) is 2.73. The summed E-state index contributed by atoms with van der Waals surface area (Å²) in [4.78, 5) is 24.8. The van der Waals surface area contributed by atoms with E-state index >= 15 is 0 Å². The maximum atomic E-state index is 12.4. The fourth-order valence-electron chi connectivity index (χ4n) is 2.73. The third-order valence-corrected chi connectivity index (χ3v) is 4.16. The smallest absolute Gasteiger partial charge is 0.291 e. The standard InChI is InChI=1S/C17H16N4O4/c1-11(21-17(23)13-3-2-6-20(13)9-19-21)16(22)18-8-12-4-5-14-15(7-12)25-10-24-14/h2-7,9,11H,8,10H2,1H3,(H,18,22)/t11-/m0/s1. The van der Waals surface area contributed by atoms with Gasteiger partial charge in [-0.1, -0.05) is 6.07 Å². The Morgan fingerprint density at radius 3 is 3.04 bits per heavy atom. The highest BCUT2D eigenvalue weighted by Crippen LogP contribution is 2.32. The lowest BCUT2D eigenvalue weighted by Gasteiger charge is -2.14. The molecule has 1 aromatic carbocycles. The summed E-state index contributed by atoms with van der Waals surface area (Å²) in [5.74, 6) is 1.07. The topological polar surface area (TPSA) is 86.9 Å². The maximum absolute atomic E-state index is 12.4. The monoisotopic (exact) mass is 340 g/mol. The van der Waals surface area contributed by atoms with Crippen molar-refractivity contribution in [1.82, 2.24) is 19.5 Å². The normalized spacial score (nSPS) is 13.8. The van der Waals surface area contributed by atoms with E-state index < -0.39 is 6.04 Å². The molecule has 8 heteroatoms. The van der Waals surface area contributed by atoms with E-state index in [0.29, 0.717) is 23.6 Å². The Bertz CT molecular complexity index is 1010. The molecule has 3 aromatic rings. The van der Waals surface area contributed by atoms with E-state index in [2.05, 4.69) is 10.4 Å². The Balaban J connectivity index is 1.48. The number of hydrogen-bond donors (Lipinski definition) is 1. The second-order valence-corrected chi connectivity index (χ2v) is 5.76. The highest BCUT2D eigenvalue weighted by molar-refractivity contribution is 5.79. The summed E-state index contributed by atoms with van der Waals surface area (Å²) < 4.78 is 13.4. The molecule has 1 aliphatic rings. The summed E-state index contributed by atoms with van der Waals surface area (Å²) in [5, 5.41) is 6.89. The predicted molar refractivity (Wildman–Crippen MR) is 88.6 cm³/mol. The summed E-state index contributed by atoms with van der Waals surface area (Å²) >= 11 is 0. The van der Waals surface area contributed by atoms with E-state index in [4.69, 9.17) is 9.47 Å². The van der Waals surface area contributed by atoms with Crippen LogP contribution in [0.15, 0.2) is 47.7 Å². The molecule has 1 amide bonds. The number of nitrogens with one attached hydrogen (secondary N) is 1. The fraction of sp³-hybridized carbons (Fsp3) is 0.235. The summed E-state index contributed by atoms with van der Waals surface area (Å²) in [7, 11) is 0. The lowest BCUT2D eigenvalue weighted by atomic mass is 10.2. The van der Waals surface area contributed by atoms with Crippen LogP contribution in [-0.4, -0.2) is 26.9 Å². The molecule has 0 fully saturated rings. The molecule has 0 spiro atoms. The van der Waals surface area contributed by atoms with Gasteiger partial charge < -0.3 is 19.2 Å². The van der Waals surface area contributed by atoms with E-state index in [1.807, 2.05) is 12.1 Å². The molecule has 8 nitrogen and oxygen atoms in total. The van der Waals surface area contributed by atoms with Crippen molar-refractivity contribution in [2.75, 3.05) is 6.79 Å². The lowest BCUT2D eigenvalue weighted by Crippen LogP contribution is -2.37. The van der Waals surface area contributed by atoms with E-state index in [1.165, 1.54) is 11.0 Å². The first-order valence-corrected chi connectivity index (χ1v) is 7.84. The van der Waals surface area contributed by atoms with Crippen LogP contribution in [0, 0.1) is 0 Å². The molecule has 2 aromatic heterocycles. The summed E-state index contributed by atoms with van der Waals surface area (Å²) in [6, 6.07) is 8.21. The van der Waals surface area contributed by atoms with Gasteiger partial charge in [-0.2, -0.15) is 5.10 Å². The van der Waals surface area contributed by atoms with Crippen LogP contribution in [0.25, 0.3) is 5.52 Å². The summed E-state index contributed by atoms with van der Waals surface area (Å²) in [5.41, 5.74) is 1.05. The van der Waals surface area contributed by atoms with Gasteiger partial charge in [0, 0.05) is 12.7 Å². The Hall–Kier alpha value is -3.29. The number of rotatable bonds is 4. The number of benzene rings is 1. The van der Waals surface area contributed by atoms with Crippen molar-refractivity contribution >= 4 is 11.4 Å². The molecule has 0 bridgehead atoms. The Labute approximate surface area is 142 Å². The van der Waals surface area contributed by atoms with Gasteiger partial charge in [-0.05, 0) is 36.8 Å². The predicted octanol–water partition coefficient (Wildman–Crippen LogP) is 1.10. The minimum atomic E-state index is -0.721. The van der Waals surface area contributed by atoms with Gasteiger partial charge in [-0.3, -0.25) is 9.59 Å². The molecule has 3 heterocycles. The van der Waals surface area contributed by atoms with Gasteiger partial charge in [0.05, 0.1) is 0 Å². The first-order chi connectivity index (χ1) is 12.1. The molecule has 1 aliphatic heterocycles. The molecule has 0 saturated heterocycles. The Morgan fingerprint density at radius 1 is 1.32 bits per heavy atom. The van der Waals surface area contributed by atoms with Crippen LogP contribution in [0.2, 0.25) is 0 Å². The second kappa shape index (κ2) is 5.97. The van der Waals surface area contributed by atoms with Gasteiger partial charge in [-0.15, -0.1) is 0 Å². The highest BCUT2D eigenvalue weighted by Gasteiger charge is 2.19. The molecule has 0 radical (unpaired) electrons. The van der Waals surface area contributed by atoms with Crippen molar-refractivity contribution < 1.29 is 14.3 Å². The van der Waals surface area contributed by atoms with E-state index in [0.717, 1.165) is 5.56 Å². The first kappa shape index (κ1) is 15.3. The van der Waals surface area contributed by atoms with Gasteiger partial charge in [-0.25, -0.2) is 4.68 Å². The molecule has 1 atom stereocenters. The zero-order chi connectivity index (χ0) is 17.4. The van der Waals surface area contributed by atoms with E-state index in [-0.39, 0.29) is 18.3 Å². The number of amides is 1. The molecular formula is C17H16N4O4. The SMILES string of the molecule is C[C@@H](C(=O)NCc1ccc2c(c1)OCO2)n1ncn2cccc2c1=O. The molecule has 0 saturated carbocycles. The number of carbonyl (C=O) groups is 1. The van der Waals surface area contributed by atoms with Crippen LogP contribution < -0.4 is 20.3 Å². The van der Waals surface area contributed by atoms with E-state index in [9.17, 15) is 9.59 Å². The van der Waals surface area contributed by atoms with Crippen molar-refractivity contribution in [3.05, 3.63) is 58.8 Å². The minimum absolute atomic E-state index is 0.207. The molecular weight excluding hydrogens is 324 g/mol. The van der Waals surface area contributed by atoms with Crippen molar-refractivity contribution in [1.29, 1.82) is 0 Å². The van der Waals surface area contributed by atoms with Crippen molar-refractivity contribution in [3.8, 4) is 11.5 Å². The largest absolute Gasteiger partial charge is 0.454 e. The third-order valence-electron chi connectivity index (χ3n) is 4.16. The first-order valence-electron chi connectivity index (χ1n) is 7.84. The van der Waals surface area contributed by atoms with Crippen LogP contribution in [-0.2, 0) is 11.3 Å². The third kappa shape index (κ3) is 2.71. The minimum Gasteiger partial charge on any atom is -0.454 e. The molecule has 4 rings (SSSR count). The Morgan fingerprint density at radius 2 is 2.16 bits per heavy atom. The van der Waals surface area contributed by atoms with Crippen molar-refractivity contribution in [2.45, 2.75) is 19.5 Å². The number of fused-ring (bicyclic) bond motifs is 2. The Kier molecular flexibility index (Phi) is 3.64. The quantitative estimate of drug-likeness (QED) is 0.769. The second-order valence-electron chi connectivity index (χ2n) is 5.76. The number of hydrogen-bond acceptors (Lipinski definition) is 5. The molecule has 25 heavy (non-hydrogen) atoms. The maximum Gasteiger partial charge on any atom is 0.291 e. The van der Waals surface area contributed by atoms with Gasteiger partial charge in [0.25, 0.3) is 5.56 Å². The zero-order valence-electron chi connectivity index (χ0n) is 13.5. The molecule has 0 unspecified atom stereocenters. The van der Waals surface area contributed by atoms with Crippen molar-refractivity contribution in [3.63, 3.8) is 0 Å². The average molecular weight is 340 g/mol.